The molecular weight excluding hydrogens is 184 g/mol. The van der Waals surface area contributed by atoms with Gasteiger partial charge in [-0.3, -0.25) is 0 Å². The van der Waals surface area contributed by atoms with Gasteiger partial charge in [-0.15, -0.1) is 0 Å². The van der Waals surface area contributed by atoms with Gasteiger partial charge in [-0.05, 0) is 45.1 Å². The minimum atomic E-state index is 0.127. The maximum absolute atomic E-state index is 8.66. The second-order valence-electron chi connectivity index (χ2n) is 4.98. The van der Waals surface area contributed by atoms with Crippen LogP contribution in [0, 0.1) is 29.1 Å². The number of nitrogens with zero attached hydrogens (tertiary/aromatic N) is 1. The first-order valence-electron chi connectivity index (χ1n) is 5.89. The van der Waals surface area contributed by atoms with Crippen molar-refractivity contribution in [3.63, 3.8) is 0 Å². The van der Waals surface area contributed by atoms with E-state index in [1.54, 1.807) is 0 Å². The summed E-state index contributed by atoms with van der Waals surface area (Å²) in [4.78, 5) is 0. The van der Waals surface area contributed by atoms with Gasteiger partial charge in [0.25, 0.3) is 0 Å². The zero-order valence-corrected chi connectivity index (χ0v) is 10.1. The van der Waals surface area contributed by atoms with Gasteiger partial charge in [-0.1, -0.05) is 18.6 Å². The molecule has 0 aromatic heterocycles. The predicted molar refractivity (Wildman–Crippen MR) is 63.3 cm³/mol. The molecule has 0 aliphatic heterocycles. The summed E-state index contributed by atoms with van der Waals surface area (Å²) in [5.74, 6) is 1.61. The molecule has 1 aliphatic rings. The van der Waals surface area contributed by atoms with Gasteiger partial charge in [0.15, 0.2) is 0 Å². The summed E-state index contributed by atoms with van der Waals surface area (Å²) in [7, 11) is 0. The molecule has 1 aliphatic carbocycles. The van der Waals surface area contributed by atoms with Crippen molar-refractivity contribution in [3.8, 4) is 6.07 Å². The van der Waals surface area contributed by atoms with Crippen molar-refractivity contribution in [2.24, 2.45) is 17.8 Å². The fraction of sp³-hybridized carbons (Fsp3) is 0.769. The molecule has 3 atom stereocenters. The van der Waals surface area contributed by atoms with Gasteiger partial charge in [0.1, 0.15) is 0 Å². The number of rotatable bonds is 4. The van der Waals surface area contributed by atoms with Crippen LogP contribution in [0.15, 0.2) is 11.6 Å². The lowest BCUT2D eigenvalue weighted by Gasteiger charge is -2.25. The largest absolute Gasteiger partial charge is 0.315 e. The van der Waals surface area contributed by atoms with Crippen LogP contribution in [0.5, 0.6) is 0 Å². The molecule has 84 valence electrons. The van der Waals surface area contributed by atoms with E-state index in [1.807, 2.05) is 6.92 Å². The highest BCUT2D eigenvalue weighted by Crippen LogP contribution is 2.27. The van der Waals surface area contributed by atoms with Crippen LogP contribution in [0.2, 0.25) is 0 Å². The number of nitriles is 1. The van der Waals surface area contributed by atoms with E-state index in [1.165, 1.54) is 18.4 Å². The number of hydrogen-bond donors (Lipinski definition) is 1. The van der Waals surface area contributed by atoms with E-state index in [0.717, 1.165) is 24.9 Å². The molecule has 2 heteroatoms. The van der Waals surface area contributed by atoms with Gasteiger partial charge >= 0.3 is 0 Å². The predicted octanol–water partition coefficient (Wildman–Crippen LogP) is 2.73. The Bertz CT molecular complexity index is 262. The zero-order chi connectivity index (χ0) is 11.3. The summed E-state index contributed by atoms with van der Waals surface area (Å²) < 4.78 is 0. The second-order valence-corrected chi connectivity index (χ2v) is 4.98. The van der Waals surface area contributed by atoms with Crippen LogP contribution < -0.4 is 5.32 Å². The molecule has 1 rings (SSSR count). The molecular formula is C13H22N2. The quantitative estimate of drug-likeness (QED) is 0.718. The Hall–Kier alpha value is -0.810. The van der Waals surface area contributed by atoms with Crippen molar-refractivity contribution in [1.29, 1.82) is 5.26 Å². The second kappa shape index (κ2) is 5.92. The molecule has 0 fully saturated rings. The Kier molecular flexibility index (Phi) is 4.84. The third-order valence-electron chi connectivity index (χ3n) is 2.99. The highest BCUT2D eigenvalue weighted by molar-refractivity contribution is 5.06. The molecule has 1 N–H and O–H groups in total. The van der Waals surface area contributed by atoms with Gasteiger partial charge < -0.3 is 5.32 Å². The minimum Gasteiger partial charge on any atom is -0.315 e. The van der Waals surface area contributed by atoms with Crippen LogP contribution >= 0.6 is 0 Å². The van der Waals surface area contributed by atoms with Crippen LogP contribution in [0.4, 0.5) is 0 Å². The Morgan fingerprint density at radius 2 is 2.40 bits per heavy atom. The number of hydrogen-bond acceptors (Lipinski definition) is 2. The normalized spacial score (nSPS) is 28.0. The van der Waals surface area contributed by atoms with E-state index in [4.69, 9.17) is 5.26 Å². The third-order valence-corrected chi connectivity index (χ3v) is 2.99. The number of nitrogens with one attached hydrogen (secondary N) is 1. The van der Waals surface area contributed by atoms with Crippen LogP contribution in [0.25, 0.3) is 0 Å². The minimum absolute atomic E-state index is 0.127. The van der Waals surface area contributed by atoms with E-state index in [-0.39, 0.29) is 5.92 Å². The summed E-state index contributed by atoms with van der Waals surface area (Å²) in [5, 5.41) is 12.1. The van der Waals surface area contributed by atoms with Crippen molar-refractivity contribution < 1.29 is 0 Å². The highest BCUT2D eigenvalue weighted by Gasteiger charge is 2.17. The average Bonchev–Trinajstić information content (AvgIpc) is 2.16. The smallest absolute Gasteiger partial charge is 0.0666 e. The van der Waals surface area contributed by atoms with Crippen LogP contribution in [-0.4, -0.2) is 13.1 Å². The Morgan fingerprint density at radius 1 is 1.67 bits per heavy atom. The molecule has 0 saturated carbocycles. The monoisotopic (exact) mass is 206 g/mol. The summed E-state index contributed by atoms with van der Waals surface area (Å²) in [6.45, 7) is 8.35. The van der Waals surface area contributed by atoms with Crippen LogP contribution in [0.3, 0.4) is 0 Å². The van der Waals surface area contributed by atoms with E-state index >= 15 is 0 Å². The van der Waals surface area contributed by atoms with E-state index in [9.17, 15) is 0 Å². The Balaban J connectivity index is 2.23. The molecule has 2 nitrogen and oxygen atoms in total. The van der Waals surface area contributed by atoms with Crippen molar-refractivity contribution in [2.45, 2.75) is 33.6 Å². The van der Waals surface area contributed by atoms with Crippen molar-refractivity contribution in [3.05, 3.63) is 11.6 Å². The maximum atomic E-state index is 8.66. The molecule has 0 amide bonds. The summed E-state index contributed by atoms with van der Waals surface area (Å²) >= 11 is 0. The first kappa shape index (κ1) is 12.3. The molecule has 0 saturated heterocycles. The first-order chi connectivity index (χ1) is 7.11. The zero-order valence-electron chi connectivity index (χ0n) is 10.1. The van der Waals surface area contributed by atoms with E-state index < -0.39 is 0 Å². The summed E-state index contributed by atoms with van der Waals surface area (Å²) in [5.41, 5.74) is 1.52. The molecule has 0 bridgehead atoms. The fourth-order valence-electron chi connectivity index (χ4n) is 2.39. The molecule has 0 aromatic rings. The summed E-state index contributed by atoms with van der Waals surface area (Å²) in [6.07, 6.45) is 4.89. The lowest BCUT2D eigenvalue weighted by Crippen LogP contribution is -2.29. The van der Waals surface area contributed by atoms with Gasteiger partial charge in [-0.25, -0.2) is 0 Å². The van der Waals surface area contributed by atoms with E-state index in [0.29, 0.717) is 0 Å². The summed E-state index contributed by atoms with van der Waals surface area (Å²) in [6, 6.07) is 2.25. The lowest BCUT2D eigenvalue weighted by molar-refractivity contribution is 0.377. The Morgan fingerprint density at radius 3 is 3.00 bits per heavy atom. The standard InChI is InChI=1S/C13H22N2/c1-10-4-11(2)6-13(5-10)9-15-8-12(3)7-14/h4,10,12-13,15H,5-6,8-9H2,1-3H3. The SMILES string of the molecule is CC1=CC(C)CC(CNCC(C)C#N)C1. The molecule has 0 spiro atoms. The van der Waals surface area contributed by atoms with Gasteiger partial charge in [0.05, 0.1) is 12.0 Å². The van der Waals surface area contributed by atoms with Gasteiger partial charge in [0, 0.05) is 6.54 Å². The molecule has 0 heterocycles. The molecule has 0 radical (unpaired) electrons. The van der Waals surface area contributed by atoms with Crippen molar-refractivity contribution in [2.75, 3.05) is 13.1 Å². The number of allylic oxidation sites excluding steroid dienone is 2. The molecule has 0 aromatic carbocycles. The lowest BCUT2D eigenvalue weighted by atomic mass is 9.84. The maximum Gasteiger partial charge on any atom is 0.0666 e. The highest BCUT2D eigenvalue weighted by atomic mass is 14.9. The van der Waals surface area contributed by atoms with E-state index in [2.05, 4.69) is 31.3 Å². The Labute approximate surface area is 93.4 Å². The molecule has 3 unspecified atom stereocenters. The fourth-order valence-corrected chi connectivity index (χ4v) is 2.39. The topological polar surface area (TPSA) is 35.8 Å². The van der Waals surface area contributed by atoms with Crippen molar-refractivity contribution in [1.82, 2.24) is 5.32 Å². The van der Waals surface area contributed by atoms with Crippen LogP contribution in [0.1, 0.15) is 33.6 Å². The third kappa shape index (κ3) is 4.48. The molecule has 15 heavy (non-hydrogen) atoms. The van der Waals surface area contributed by atoms with Crippen LogP contribution in [-0.2, 0) is 0 Å². The van der Waals surface area contributed by atoms with Gasteiger partial charge in [-0.2, -0.15) is 5.26 Å². The first-order valence-corrected chi connectivity index (χ1v) is 5.89. The van der Waals surface area contributed by atoms with Crippen molar-refractivity contribution >= 4 is 0 Å². The van der Waals surface area contributed by atoms with Gasteiger partial charge in [0.2, 0.25) is 0 Å². The average molecular weight is 206 g/mol.